The average molecular weight is 360 g/mol. The lowest BCUT2D eigenvalue weighted by Gasteiger charge is -2.07. The van der Waals surface area contributed by atoms with Crippen LogP contribution >= 0.6 is 11.3 Å². The third-order valence-corrected chi connectivity index (χ3v) is 5.05. The molecule has 0 radical (unpaired) electrons. The maximum Gasteiger partial charge on any atom is 0.267 e. The van der Waals surface area contributed by atoms with Crippen LogP contribution in [0.2, 0.25) is 0 Å². The van der Waals surface area contributed by atoms with E-state index in [-0.39, 0.29) is 5.91 Å². The fourth-order valence-electron chi connectivity index (χ4n) is 2.78. The third kappa shape index (κ3) is 3.19. The Labute approximate surface area is 154 Å². The molecule has 4 rings (SSSR count). The summed E-state index contributed by atoms with van der Waals surface area (Å²) in [6.07, 6.45) is 1.75. The Hall–Kier alpha value is -3.12. The fourth-order valence-corrected chi connectivity index (χ4v) is 3.60. The summed E-state index contributed by atoms with van der Waals surface area (Å²) in [6, 6.07) is 15.4. The normalized spacial score (nSPS) is 10.8. The number of fused-ring (bicyclic) bond motifs is 1. The van der Waals surface area contributed by atoms with Crippen LogP contribution in [0, 0.1) is 13.8 Å². The second-order valence-electron chi connectivity index (χ2n) is 5.93. The highest BCUT2D eigenvalue weighted by molar-refractivity contribution is 7.13. The highest BCUT2D eigenvalue weighted by Crippen LogP contribution is 2.24. The number of hydrogen-bond acceptors (Lipinski definition) is 5. The molecule has 6 heteroatoms. The van der Waals surface area contributed by atoms with Crippen molar-refractivity contribution in [1.82, 2.24) is 15.0 Å². The van der Waals surface area contributed by atoms with E-state index in [0.717, 1.165) is 33.0 Å². The number of anilines is 1. The molecule has 0 fully saturated rings. The first-order valence-corrected chi connectivity index (χ1v) is 8.99. The molecule has 2 heterocycles. The lowest BCUT2D eigenvalue weighted by atomic mass is 10.1. The van der Waals surface area contributed by atoms with Crippen LogP contribution in [0.5, 0.6) is 0 Å². The predicted molar refractivity (Wildman–Crippen MR) is 105 cm³/mol. The average Bonchev–Trinajstić information content (AvgIpc) is 3.00. The zero-order chi connectivity index (χ0) is 18.1. The van der Waals surface area contributed by atoms with Crippen molar-refractivity contribution in [2.24, 2.45) is 0 Å². The van der Waals surface area contributed by atoms with E-state index in [0.29, 0.717) is 10.6 Å². The van der Waals surface area contributed by atoms with Gasteiger partial charge >= 0.3 is 0 Å². The molecule has 1 N–H and O–H groups in total. The second kappa shape index (κ2) is 6.65. The molecule has 0 saturated carbocycles. The number of nitrogens with zero attached hydrogens (tertiary/aromatic N) is 3. The minimum atomic E-state index is -0.144. The number of rotatable bonds is 3. The van der Waals surface area contributed by atoms with Gasteiger partial charge in [-0.3, -0.25) is 9.78 Å². The fraction of sp³-hybridized carbons (Fsp3) is 0.100. The number of benzene rings is 2. The van der Waals surface area contributed by atoms with Crippen molar-refractivity contribution in [3.05, 3.63) is 70.3 Å². The van der Waals surface area contributed by atoms with E-state index >= 15 is 0 Å². The summed E-state index contributed by atoms with van der Waals surface area (Å²) in [7, 11) is 0. The number of carbonyl (C=O) groups is 1. The van der Waals surface area contributed by atoms with E-state index in [2.05, 4.69) is 20.3 Å². The standard InChI is InChI=1S/C20H16N4OS/c1-12-19(26-13(2)22-12)20(25)23-15-7-5-6-14(10-15)18-11-21-16-8-3-4-9-17(16)24-18/h3-11H,1-2H3,(H,23,25). The number of aromatic nitrogens is 3. The smallest absolute Gasteiger partial charge is 0.267 e. The van der Waals surface area contributed by atoms with Crippen molar-refractivity contribution in [2.75, 3.05) is 5.32 Å². The highest BCUT2D eigenvalue weighted by Gasteiger charge is 2.14. The van der Waals surface area contributed by atoms with Gasteiger partial charge in [0, 0.05) is 11.3 Å². The zero-order valence-electron chi connectivity index (χ0n) is 14.4. The van der Waals surface area contributed by atoms with E-state index < -0.39 is 0 Å². The Morgan fingerprint density at radius 3 is 2.58 bits per heavy atom. The zero-order valence-corrected chi connectivity index (χ0v) is 15.2. The molecule has 0 unspecified atom stereocenters. The van der Waals surface area contributed by atoms with E-state index in [1.807, 2.05) is 62.4 Å². The van der Waals surface area contributed by atoms with Crippen molar-refractivity contribution < 1.29 is 4.79 Å². The van der Waals surface area contributed by atoms with E-state index in [4.69, 9.17) is 0 Å². The number of aryl methyl sites for hydroxylation is 2. The summed E-state index contributed by atoms with van der Waals surface area (Å²) < 4.78 is 0. The van der Waals surface area contributed by atoms with Gasteiger partial charge in [-0.1, -0.05) is 24.3 Å². The molecule has 0 saturated heterocycles. The molecule has 0 bridgehead atoms. The van der Waals surface area contributed by atoms with Crippen LogP contribution in [0.15, 0.2) is 54.7 Å². The number of carbonyl (C=O) groups excluding carboxylic acids is 1. The van der Waals surface area contributed by atoms with E-state index in [1.165, 1.54) is 11.3 Å². The molecular weight excluding hydrogens is 344 g/mol. The van der Waals surface area contributed by atoms with Crippen LogP contribution in [0.4, 0.5) is 5.69 Å². The molecule has 2 aromatic carbocycles. The summed E-state index contributed by atoms with van der Waals surface area (Å²) in [4.78, 5) is 26.6. The summed E-state index contributed by atoms with van der Waals surface area (Å²) in [5.41, 5.74) is 4.84. The first-order chi connectivity index (χ1) is 12.6. The molecule has 2 aromatic heterocycles. The molecule has 4 aromatic rings. The Morgan fingerprint density at radius 2 is 1.81 bits per heavy atom. The highest BCUT2D eigenvalue weighted by atomic mass is 32.1. The van der Waals surface area contributed by atoms with Crippen LogP contribution in [-0.4, -0.2) is 20.9 Å². The SMILES string of the molecule is Cc1nc(C)c(C(=O)Nc2cccc(-c3cnc4ccccc4n3)c2)s1. The summed E-state index contributed by atoms with van der Waals surface area (Å²) in [5, 5.41) is 3.83. The summed E-state index contributed by atoms with van der Waals surface area (Å²) in [5.74, 6) is -0.144. The van der Waals surface area contributed by atoms with E-state index in [9.17, 15) is 4.79 Å². The van der Waals surface area contributed by atoms with Crippen molar-refractivity contribution in [2.45, 2.75) is 13.8 Å². The largest absolute Gasteiger partial charge is 0.321 e. The Balaban J connectivity index is 1.63. The van der Waals surface area contributed by atoms with Gasteiger partial charge in [-0.15, -0.1) is 11.3 Å². The van der Waals surface area contributed by atoms with Crippen molar-refractivity contribution in [3.8, 4) is 11.3 Å². The second-order valence-corrected chi connectivity index (χ2v) is 7.13. The molecule has 5 nitrogen and oxygen atoms in total. The number of amides is 1. The van der Waals surface area contributed by atoms with Crippen LogP contribution < -0.4 is 5.32 Å². The minimum Gasteiger partial charge on any atom is -0.321 e. The van der Waals surface area contributed by atoms with Crippen molar-refractivity contribution in [3.63, 3.8) is 0 Å². The molecule has 0 spiro atoms. The molecule has 0 atom stereocenters. The molecule has 0 aliphatic carbocycles. The van der Waals surface area contributed by atoms with Crippen LogP contribution in [0.3, 0.4) is 0 Å². The maximum atomic E-state index is 12.5. The molecular formula is C20H16N4OS. The van der Waals surface area contributed by atoms with Gasteiger partial charge in [0.2, 0.25) is 0 Å². The number of para-hydroxylation sites is 2. The van der Waals surface area contributed by atoms with Gasteiger partial charge in [0.15, 0.2) is 0 Å². The maximum absolute atomic E-state index is 12.5. The molecule has 26 heavy (non-hydrogen) atoms. The molecule has 0 aliphatic heterocycles. The lowest BCUT2D eigenvalue weighted by molar-refractivity contribution is 0.103. The molecule has 1 amide bonds. The van der Waals surface area contributed by atoms with Gasteiger partial charge in [0.25, 0.3) is 5.91 Å². The van der Waals surface area contributed by atoms with Gasteiger partial charge in [-0.25, -0.2) is 9.97 Å². The van der Waals surface area contributed by atoms with Gasteiger partial charge in [-0.05, 0) is 38.1 Å². The quantitative estimate of drug-likeness (QED) is 0.579. The van der Waals surface area contributed by atoms with Crippen molar-refractivity contribution >= 4 is 34.0 Å². The van der Waals surface area contributed by atoms with Gasteiger partial charge in [-0.2, -0.15) is 0 Å². The van der Waals surface area contributed by atoms with Gasteiger partial charge < -0.3 is 5.32 Å². The first kappa shape index (κ1) is 16.4. The summed E-state index contributed by atoms with van der Waals surface area (Å²) >= 11 is 1.40. The van der Waals surface area contributed by atoms with Gasteiger partial charge in [0.05, 0.1) is 33.6 Å². The first-order valence-electron chi connectivity index (χ1n) is 8.18. The predicted octanol–water partition coefficient (Wildman–Crippen LogP) is 4.62. The topological polar surface area (TPSA) is 67.8 Å². The lowest BCUT2D eigenvalue weighted by Crippen LogP contribution is -2.11. The van der Waals surface area contributed by atoms with Gasteiger partial charge in [0.1, 0.15) is 4.88 Å². The van der Waals surface area contributed by atoms with Crippen LogP contribution in [-0.2, 0) is 0 Å². The van der Waals surface area contributed by atoms with Crippen molar-refractivity contribution in [1.29, 1.82) is 0 Å². The third-order valence-electron chi connectivity index (χ3n) is 3.97. The van der Waals surface area contributed by atoms with Crippen LogP contribution in [0.1, 0.15) is 20.4 Å². The number of hydrogen-bond donors (Lipinski definition) is 1. The summed E-state index contributed by atoms with van der Waals surface area (Å²) in [6.45, 7) is 3.74. The monoisotopic (exact) mass is 360 g/mol. The Morgan fingerprint density at radius 1 is 1.00 bits per heavy atom. The molecule has 0 aliphatic rings. The number of nitrogens with one attached hydrogen (secondary N) is 1. The van der Waals surface area contributed by atoms with Crippen LogP contribution in [0.25, 0.3) is 22.3 Å². The number of thiazole rings is 1. The minimum absolute atomic E-state index is 0.144. The van der Waals surface area contributed by atoms with E-state index in [1.54, 1.807) is 6.20 Å². The Bertz CT molecular complexity index is 1120. The Kier molecular flexibility index (Phi) is 4.18. The molecule has 128 valence electrons.